The minimum absolute atomic E-state index is 0.0723. The first kappa shape index (κ1) is 22.8. The van der Waals surface area contributed by atoms with Crippen molar-refractivity contribution in [1.82, 2.24) is 9.21 Å². The monoisotopic (exact) mass is 446 g/mol. The second-order valence-corrected chi connectivity index (χ2v) is 9.65. The van der Waals surface area contributed by atoms with Crippen LogP contribution in [0.3, 0.4) is 0 Å². The second kappa shape index (κ2) is 9.49. The molecular weight excluding hydrogens is 420 g/mol. The molecule has 0 unspecified atom stereocenters. The Balaban J connectivity index is 1.66. The Morgan fingerprint density at radius 3 is 2.06 bits per heavy atom. The fraction of sp³-hybridized carbons (Fsp3) is 0.364. The maximum absolute atomic E-state index is 12.6. The number of carboxylic acid groups (broad SMARTS) is 1. The van der Waals surface area contributed by atoms with E-state index in [-0.39, 0.29) is 25.6 Å². The summed E-state index contributed by atoms with van der Waals surface area (Å²) >= 11 is 0. The van der Waals surface area contributed by atoms with Gasteiger partial charge in [-0.2, -0.15) is 0 Å². The van der Waals surface area contributed by atoms with Crippen LogP contribution in [0, 0.1) is 0 Å². The molecule has 1 aliphatic rings. The van der Waals surface area contributed by atoms with Crippen molar-refractivity contribution in [3.8, 4) is 11.1 Å². The van der Waals surface area contributed by atoms with Gasteiger partial charge in [-0.1, -0.05) is 48.5 Å². The molecule has 0 fully saturated rings. The summed E-state index contributed by atoms with van der Waals surface area (Å²) < 4.78 is 29.7. The van der Waals surface area contributed by atoms with Crippen molar-refractivity contribution in [3.63, 3.8) is 0 Å². The van der Waals surface area contributed by atoms with E-state index in [1.165, 1.54) is 7.05 Å². The first-order valence-electron chi connectivity index (χ1n) is 9.91. The Morgan fingerprint density at radius 2 is 1.55 bits per heavy atom. The number of nitrogens with zero attached hydrogens (tertiary/aromatic N) is 2. The van der Waals surface area contributed by atoms with E-state index in [9.17, 15) is 18.0 Å². The maximum atomic E-state index is 12.6. The number of rotatable bonds is 9. The summed E-state index contributed by atoms with van der Waals surface area (Å²) in [4.78, 5) is 24.9. The molecule has 3 rings (SSSR count). The molecule has 0 spiro atoms. The first-order valence-corrected chi connectivity index (χ1v) is 11.8. The van der Waals surface area contributed by atoms with E-state index >= 15 is 0 Å². The van der Waals surface area contributed by atoms with E-state index < -0.39 is 28.6 Å². The van der Waals surface area contributed by atoms with E-state index in [1.807, 2.05) is 48.5 Å². The summed E-state index contributed by atoms with van der Waals surface area (Å²) in [6, 6.07) is 15.9. The van der Waals surface area contributed by atoms with Crippen molar-refractivity contribution in [1.29, 1.82) is 0 Å². The summed E-state index contributed by atoms with van der Waals surface area (Å²) in [6.07, 6.45) is 0.653. The molecule has 0 radical (unpaired) electrons. The van der Waals surface area contributed by atoms with E-state index in [4.69, 9.17) is 9.84 Å². The lowest BCUT2D eigenvalue weighted by molar-refractivity contribution is -0.138. The number of benzene rings is 2. The Labute approximate surface area is 182 Å². The van der Waals surface area contributed by atoms with Crippen LogP contribution in [-0.4, -0.2) is 74.3 Å². The van der Waals surface area contributed by atoms with Gasteiger partial charge in [-0.3, -0.25) is 9.69 Å². The van der Waals surface area contributed by atoms with Crippen molar-refractivity contribution < 1.29 is 27.9 Å². The average molecular weight is 447 g/mol. The Bertz CT molecular complexity index is 1020. The number of hydrogen-bond donors (Lipinski definition) is 1. The lowest BCUT2D eigenvalue weighted by Gasteiger charge is -2.23. The zero-order valence-corrected chi connectivity index (χ0v) is 18.3. The van der Waals surface area contributed by atoms with Crippen molar-refractivity contribution in [2.45, 2.75) is 12.3 Å². The molecule has 1 N–H and O–H groups in total. The molecule has 2 aromatic rings. The molecule has 0 saturated carbocycles. The third-order valence-corrected chi connectivity index (χ3v) is 6.70. The fourth-order valence-electron chi connectivity index (χ4n) is 3.73. The number of aliphatic carboxylic acids is 1. The highest BCUT2D eigenvalue weighted by molar-refractivity contribution is 7.88. The molecule has 0 atom stereocenters. The lowest BCUT2D eigenvalue weighted by atomic mass is 9.98. The zero-order chi connectivity index (χ0) is 22.6. The van der Waals surface area contributed by atoms with Crippen molar-refractivity contribution in [2.24, 2.45) is 0 Å². The van der Waals surface area contributed by atoms with Gasteiger partial charge in [0.05, 0.1) is 6.26 Å². The highest BCUT2D eigenvalue weighted by atomic mass is 32.2. The minimum atomic E-state index is -3.34. The number of sulfonamides is 1. The van der Waals surface area contributed by atoms with E-state index in [1.54, 1.807) is 0 Å². The largest absolute Gasteiger partial charge is 0.480 e. The van der Waals surface area contributed by atoms with E-state index in [0.29, 0.717) is 6.42 Å². The maximum Gasteiger partial charge on any atom is 0.410 e. The predicted octanol–water partition coefficient (Wildman–Crippen LogP) is 2.60. The number of carboxylic acids is 1. The van der Waals surface area contributed by atoms with E-state index in [2.05, 4.69) is 0 Å². The number of amides is 1. The summed E-state index contributed by atoms with van der Waals surface area (Å²) in [7, 11) is -1.91. The topological polar surface area (TPSA) is 104 Å². The quantitative estimate of drug-likeness (QED) is 0.635. The molecule has 1 aliphatic carbocycles. The number of carbonyl (C=O) groups excluding carboxylic acids is 1. The minimum Gasteiger partial charge on any atom is -0.480 e. The van der Waals surface area contributed by atoms with Gasteiger partial charge >= 0.3 is 12.1 Å². The van der Waals surface area contributed by atoms with Crippen LogP contribution < -0.4 is 0 Å². The average Bonchev–Trinajstić information content (AvgIpc) is 3.04. The molecule has 0 saturated heterocycles. The van der Waals surface area contributed by atoms with Gasteiger partial charge in [0, 0.05) is 26.1 Å². The van der Waals surface area contributed by atoms with Crippen LogP contribution in [-0.2, 0) is 19.6 Å². The van der Waals surface area contributed by atoms with Crippen LogP contribution in [0.25, 0.3) is 11.1 Å². The number of ether oxygens (including phenoxy) is 1. The smallest absolute Gasteiger partial charge is 0.410 e. The van der Waals surface area contributed by atoms with Crippen LogP contribution in [0.15, 0.2) is 48.5 Å². The summed E-state index contributed by atoms with van der Waals surface area (Å²) in [6.45, 7) is -0.181. The van der Waals surface area contributed by atoms with Crippen LogP contribution >= 0.6 is 0 Å². The normalized spacial score (nSPS) is 13.0. The SMILES string of the molecule is CN(CCCN(CC(=O)O)C(=O)OCC1c2ccccc2-c2ccccc21)S(C)(=O)=O. The number of fused-ring (bicyclic) bond motifs is 3. The van der Waals surface area contributed by atoms with Gasteiger partial charge in [-0.15, -0.1) is 0 Å². The van der Waals surface area contributed by atoms with Crippen LogP contribution in [0.5, 0.6) is 0 Å². The van der Waals surface area contributed by atoms with Crippen LogP contribution in [0.4, 0.5) is 4.79 Å². The van der Waals surface area contributed by atoms with Crippen LogP contribution in [0.1, 0.15) is 23.5 Å². The molecule has 0 bridgehead atoms. The molecule has 31 heavy (non-hydrogen) atoms. The molecule has 0 aromatic heterocycles. The predicted molar refractivity (Wildman–Crippen MR) is 116 cm³/mol. The highest BCUT2D eigenvalue weighted by Crippen LogP contribution is 2.44. The van der Waals surface area contributed by atoms with Crippen molar-refractivity contribution in [3.05, 3.63) is 59.7 Å². The molecular formula is C22H26N2O6S. The summed E-state index contributed by atoms with van der Waals surface area (Å²) in [5, 5.41) is 9.15. The Hall–Kier alpha value is -2.91. The third-order valence-electron chi connectivity index (χ3n) is 5.39. The Morgan fingerprint density at radius 1 is 1.00 bits per heavy atom. The van der Waals surface area contributed by atoms with Gasteiger partial charge in [-0.25, -0.2) is 17.5 Å². The highest BCUT2D eigenvalue weighted by Gasteiger charge is 2.30. The van der Waals surface area contributed by atoms with Gasteiger partial charge in [-0.05, 0) is 28.7 Å². The molecule has 8 nitrogen and oxygen atoms in total. The summed E-state index contributed by atoms with van der Waals surface area (Å²) in [5.74, 6) is -1.29. The van der Waals surface area contributed by atoms with Crippen molar-refractivity contribution >= 4 is 22.1 Å². The number of carbonyl (C=O) groups is 2. The second-order valence-electron chi connectivity index (χ2n) is 7.56. The first-order chi connectivity index (χ1) is 14.7. The summed E-state index contributed by atoms with van der Waals surface area (Å²) in [5.41, 5.74) is 4.34. The molecule has 0 heterocycles. The van der Waals surface area contributed by atoms with Gasteiger partial charge in [0.2, 0.25) is 10.0 Å². The van der Waals surface area contributed by atoms with Crippen LogP contribution in [0.2, 0.25) is 0 Å². The molecule has 2 aromatic carbocycles. The standard InChI is InChI=1S/C22H26N2O6S/c1-23(31(2,28)29)12-7-13-24(14-21(25)26)22(27)30-15-20-18-10-5-3-8-16(18)17-9-4-6-11-19(17)20/h3-6,8-11,20H,7,12-15H2,1-2H3,(H,25,26). The third kappa shape index (κ3) is 5.42. The van der Waals surface area contributed by atoms with E-state index in [0.717, 1.165) is 37.7 Å². The van der Waals surface area contributed by atoms with Gasteiger partial charge < -0.3 is 9.84 Å². The number of hydrogen-bond acceptors (Lipinski definition) is 5. The molecule has 0 aliphatic heterocycles. The van der Waals surface area contributed by atoms with Gasteiger partial charge in [0.15, 0.2) is 0 Å². The molecule has 166 valence electrons. The van der Waals surface area contributed by atoms with Crippen molar-refractivity contribution in [2.75, 3.05) is 39.5 Å². The molecule has 9 heteroatoms. The lowest BCUT2D eigenvalue weighted by Crippen LogP contribution is -2.39. The van der Waals surface area contributed by atoms with Gasteiger partial charge in [0.1, 0.15) is 13.2 Å². The van der Waals surface area contributed by atoms with Gasteiger partial charge in [0.25, 0.3) is 0 Å². The molecule has 1 amide bonds. The zero-order valence-electron chi connectivity index (χ0n) is 17.5. The fourth-order valence-corrected chi connectivity index (χ4v) is 4.19. The Kier molecular flexibility index (Phi) is 6.97.